The number of rotatable bonds is 6. The van der Waals surface area contributed by atoms with Crippen LogP contribution in [0.15, 0.2) is 77.7 Å². The molecule has 0 aliphatic carbocycles. The third-order valence-electron chi connectivity index (χ3n) is 4.03. The summed E-state index contributed by atoms with van der Waals surface area (Å²) in [6, 6.07) is 20.8. The molecule has 3 aromatic carbocycles. The molecule has 0 fully saturated rings. The number of nitriles is 1. The average molecular weight is 407 g/mol. The van der Waals surface area contributed by atoms with Crippen molar-refractivity contribution in [2.75, 3.05) is 17.1 Å². The number of para-hydroxylation sites is 1. The largest absolute Gasteiger partial charge is 0.495 e. The summed E-state index contributed by atoms with van der Waals surface area (Å²) in [6.07, 6.45) is 0. The lowest BCUT2D eigenvalue weighted by Crippen LogP contribution is -2.16. The SMILES string of the molecule is COc1ccc(C(=O)Nc2ccccc2)cc1NS(=O)(=O)c1ccc(C#N)cc1. The minimum absolute atomic E-state index is 0.0160. The van der Waals surface area contributed by atoms with E-state index in [0.29, 0.717) is 11.3 Å². The van der Waals surface area contributed by atoms with Crippen molar-refractivity contribution >= 4 is 27.3 Å². The number of benzene rings is 3. The van der Waals surface area contributed by atoms with Gasteiger partial charge in [-0.15, -0.1) is 0 Å². The van der Waals surface area contributed by atoms with E-state index in [0.717, 1.165) is 0 Å². The summed E-state index contributed by atoms with van der Waals surface area (Å²) in [5.74, 6) is -0.129. The van der Waals surface area contributed by atoms with Gasteiger partial charge in [0.2, 0.25) is 0 Å². The van der Waals surface area contributed by atoms with Crippen LogP contribution in [0.2, 0.25) is 0 Å². The first kappa shape index (κ1) is 19.9. The van der Waals surface area contributed by atoms with Gasteiger partial charge in [-0.3, -0.25) is 9.52 Å². The summed E-state index contributed by atoms with van der Waals surface area (Å²) in [6.45, 7) is 0. The Kier molecular flexibility index (Phi) is 5.81. The fourth-order valence-electron chi connectivity index (χ4n) is 2.57. The molecule has 0 spiro atoms. The number of carbonyl (C=O) groups is 1. The van der Waals surface area contributed by atoms with E-state index in [1.807, 2.05) is 12.1 Å². The van der Waals surface area contributed by atoms with Crippen LogP contribution < -0.4 is 14.8 Å². The number of methoxy groups -OCH3 is 1. The lowest BCUT2D eigenvalue weighted by Gasteiger charge is -2.14. The van der Waals surface area contributed by atoms with E-state index >= 15 is 0 Å². The molecule has 0 saturated carbocycles. The molecular formula is C21H17N3O4S. The highest BCUT2D eigenvalue weighted by molar-refractivity contribution is 7.92. The molecule has 0 aliphatic heterocycles. The van der Waals surface area contributed by atoms with Crippen LogP contribution in [0.25, 0.3) is 0 Å². The first-order valence-electron chi connectivity index (χ1n) is 8.50. The Morgan fingerprint density at radius 2 is 1.69 bits per heavy atom. The number of ether oxygens (including phenoxy) is 1. The van der Waals surface area contributed by atoms with Crippen molar-refractivity contribution in [3.8, 4) is 11.8 Å². The van der Waals surface area contributed by atoms with Crippen LogP contribution >= 0.6 is 0 Å². The van der Waals surface area contributed by atoms with Crippen molar-refractivity contribution in [2.45, 2.75) is 4.90 Å². The second kappa shape index (κ2) is 8.46. The number of amides is 1. The highest BCUT2D eigenvalue weighted by Gasteiger charge is 2.18. The van der Waals surface area contributed by atoms with Crippen molar-refractivity contribution in [2.24, 2.45) is 0 Å². The number of carbonyl (C=O) groups excluding carboxylic acids is 1. The van der Waals surface area contributed by atoms with Crippen LogP contribution in [-0.4, -0.2) is 21.4 Å². The van der Waals surface area contributed by atoms with Gasteiger partial charge >= 0.3 is 0 Å². The van der Waals surface area contributed by atoms with E-state index in [9.17, 15) is 13.2 Å². The third kappa shape index (κ3) is 4.72. The average Bonchev–Trinajstić information content (AvgIpc) is 2.74. The lowest BCUT2D eigenvalue weighted by atomic mass is 10.1. The van der Waals surface area contributed by atoms with Gasteiger partial charge in [0.15, 0.2) is 0 Å². The number of anilines is 2. The number of hydrogen-bond acceptors (Lipinski definition) is 5. The van der Waals surface area contributed by atoms with Gasteiger partial charge in [0.05, 0.1) is 29.3 Å². The van der Waals surface area contributed by atoms with Crippen molar-refractivity contribution < 1.29 is 17.9 Å². The molecule has 0 heterocycles. The van der Waals surface area contributed by atoms with Gasteiger partial charge in [0.25, 0.3) is 15.9 Å². The van der Waals surface area contributed by atoms with Gasteiger partial charge in [-0.05, 0) is 54.6 Å². The smallest absolute Gasteiger partial charge is 0.262 e. The molecule has 0 radical (unpaired) electrons. The van der Waals surface area contributed by atoms with Gasteiger partial charge in [0, 0.05) is 11.3 Å². The van der Waals surface area contributed by atoms with Crippen LogP contribution in [0.1, 0.15) is 15.9 Å². The van der Waals surface area contributed by atoms with Crippen LogP contribution in [0.5, 0.6) is 5.75 Å². The molecule has 8 heteroatoms. The van der Waals surface area contributed by atoms with Crippen LogP contribution in [0, 0.1) is 11.3 Å². The van der Waals surface area contributed by atoms with Gasteiger partial charge in [0.1, 0.15) is 5.75 Å². The molecule has 0 atom stereocenters. The Labute approximate surface area is 168 Å². The Balaban J connectivity index is 1.88. The first-order chi connectivity index (χ1) is 13.9. The predicted molar refractivity (Wildman–Crippen MR) is 109 cm³/mol. The topological polar surface area (TPSA) is 108 Å². The molecule has 146 valence electrons. The molecular weight excluding hydrogens is 390 g/mol. The van der Waals surface area contributed by atoms with E-state index in [2.05, 4.69) is 10.0 Å². The van der Waals surface area contributed by atoms with E-state index in [1.165, 1.54) is 49.6 Å². The number of hydrogen-bond donors (Lipinski definition) is 2. The normalized spacial score (nSPS) is 10.6. The molecule has 3 rings (SSSR count). The lowest BCUT2D eigenvalue weighted by molar-refractivity contribution is 0.102. The summed E-state index contributed by atoms with van der Waals surface area (Å²) in [5, 5.41) is 11.6. The number of nitrogens with one attached hydrogen (secondary N) is 2. The maximum Gasteiger partial charge on any atom is 0.262 e. The zero-order valence-electron chi connectivity index (χ0n) is 15.4. The maximum atomic E-state index is 12.7. The van der Waals surface area contributed by atoms with E-state index in [4.69, 9.17) is 10.00 Å². The van der Waals surface area contributed by atoms with Crippen molar-refractivity contribution in [3.63, 3.8) is 0 Å². The Morgan fingerprint density at radius 3 is 2.31 bits per heavy atom. The molecule has 0 bridgehead atoms. The summed E-state index contributed by atoms with van der Waals surface area (Å²) in [4.78, 5) is 12.5. The Bertz CT molecular complexity index is 1170. The highest BCUT2D eigenvalue weighted by atomic mass is 32.2. The van der Waals surface area contributed by atoms with Crippen molar-refractivity contribution in [3.05, 3.63) is 83.9 Å². The minimum Gasteiger partial charge on any atom is -0.495 e. The standard InChI is InChI=1S/C21H17N3O4S/c1-28-20-12-9-16(21(25)23-17-5-3-2-4-6-17)13-19(20)24-29(26,27)18-10-7-15(14-22)8-11-18/h2-13,24H,1H3,(H,23,25). The minimum atomic E-state index is -3.94. The summed E-state index contributed by atoms with van der Waals surface area (Å²) in [7, 11) is -2.54. The van der Waals surface area contributed by atoms with E-state index < -0.39 is 15.9 Å². The second-order valence-electron chi connectivity index (χ2n) is 5.98. The first-order valence-corrected chi connectivity index (χ1v) is 9.98. The number of nitrogens with zero attached hydrogens (tertiary/aromatic N) is 1. The summed E-state index contributed by atoms with van der Waals surface area (Å²) in [5.41, 5.74) is 1.35. The van der Waals surface area contributed by atoms with Gasteiger partial charge in [-0.1, -0.05) is 18.2 Å². The predicted octanol–water partition coefficient (Wildman–Crippen LogP) is 3.62. The molecule has 0 saturated heterocycles. The molecule has 2 N–H and O–H groups in total. The quantitative estimate of drug-likeness (QED) is 0.649. The van der Waals surface area contributed by atoms with Gasteiger partial charge < -0.3 is 10.1 Å². The highest BCUT2D eigenvalue weighted by Crippen LogP contribution is 2.28. The summed E-state index contributed by atoms with van der Waals surface area (Å²) >= 11 is 0. The summed E-state index contributed by atoms with van der Waals surface area (Å²) < 4.78 is 33.0. The fraction of sp³-hybridized carbons (Fsp3) is 0.0476. The molecule has 0 aliphatic rings. The van der Waals surface area contributed by atoms with Gasteiger partial charge in [-0.25, -0.2) is 8.42 Å². The zero-order chi connectivity index (χ0) is 20.9. The second-order valence-corrected chi connectivity index (χ2v) is 7.66. The Hall–Kier alpha value is -3.83. The van der Waals surface area contributed by atoms with Crippen molar-refractivity contribution in [1.29, 1.82) is 5.26 Å². The fourth-order valence-corrected chi connectivity index (χ4v) is 3.63. The molecule has 7 nitrogen and oxygen atoms in total. The maximum absolute atomic E-state index is 12.7. The molecule has 3 aromatic rings. The van der Waals surface area contributed by atoms with Crippen LogP contribution in [0.3, 0.4) is 0 Å². The van der Waals surface area contributed by atoms with Crippen LogP contribution in [-0.2, 0) is 10.0 Å². The zero-order valence-corrected chi connectivity index (χ0v) is 16.2. The molecule has 0 aromatic heterocycles. The number of sulfonamides is 1. The Morgan fingerprint density at radius 1 is 1.00 bits per heavy atom. The molecule has 29 heavy (non-hydrogen) atoms. The third-order valence-corrected chi connectivity index (χ3v) is 5.41. The van der Waals surface area contributed by atoms with E-state index in [-0.39, 0.29) is 21.9 Å². The monoisotopic (exact) mass is 407 g/mol. The molecule has 1 amide bonds. The van der Waals surface area contributed by atoms with Crippen LogP contribution in [0.4, 0.5) is 11.4 Å². The molecule has 0 unspecified atom stereocenters. The van der Waals surface area contributed by atoms with Gasteiger partial charge in [-0.2, -0.15) is 5.26 Å². The van der Waals surface area contributed by atoms with E-state index in [1.54, 1.807) is 24.3 Å². The van der Waals surface area contributed by atoms with Crippen molar-refractivity contribution in [1.82, 2.24) is 0 Å².